The van der Waals surface area contributed by atoms with Gasteiger partial charge in [-0.15, -0.1) is 0 Å². The second kappa shape index (κ2) is 9.89. The van der Waals surface area contributed by atoms with E-state index in [4.69, 9.17) is 9.47 Å². The summed E-state index contributed by atoms with van der Waals surface area (Å²) in [7, 11) is 1.64. The van der Waals surface area contributed by atoms with E-state index in [-0.39, 0.29) is 18.4 Å². The van der Waals surface area contributed by atoms with Crippen molar-refractivity contribution >= 4 is 22.7 Å². The summed E-state index contributed by atoms with van der Waals surface area (Å²) < 4.78 is 11.2. The zero-order chi connectivity index (χ0) is 26.2. The van der Waals surface area contributed by atoms with Gasteiger partial charge in [0, 0.05) is 35.1 Å². The zero-order valence-corrected chi connectivity index (χ0v) is 21.6. The van der Waals surface area contributed by atoms with E-state index in [9.17, 15) is 9.59 Å². The van der Waals surface area contributed by atoms with E-state index in [2.05, 4.69) is 11.1 Å². The zero-order valence-electron chi connectivity index (χ0n) is 21.6. The number of rotatable bonds is 7. The van der Waals surface area contributed by atoms with Gasteiger partial charge in [0.15, 0.2) is 0 Å². The molecule has 0 spiro atoms. The summed E-state index contributed by atoms with van der Waals surface area (Å²) in [5, 5.41) is 1.09. The van der Waals surface area contributed by atoms with Crippen molar-refractivity contribution < 1.29 is 19.1 Å². The van der Waals surface area contributed by atoms with Gasteiger partial charge in [-0.1, -0.05) is 48.5 Å². The van der Waals surface area contributed by atoms with Gasteiger partial charge in [-0.25, -0.2) is 0 Å². The van der Waals surface area contributed by atoms with E-state index < -0.39 is 12.1 Å². The molecule has 3 aromatic carbocycles. The first kappa shape index (κ1) is 24.1. The molecule has 2 unspecified atom stereocenters. The minimum Gasteiger partial charge on any atom is -0.497 e. The van der Waals surface area contributed by atoms with Crippen LogP contribution in [0.1, 0.15) is 35.3 Å². The summed E-state index contributed by atoms with van der Waals surface area (Å²) in [6.45, 7) is 3.01. The number of aromatic nitrogens is 1. The fraction of sp³-hybridized carbons (Fsp3) is 0.290. The summed E-state index contributed by atoms with van der Waals surface area (Å²) >= 11 is 0. The molecule has 2 amide bonds. The third-order valence-corrected chi connectivity index (χ3v) is 7.69. The molecule has 2 aliphatic rings. The minimum absolute atomic E-state index is 0.00654. The van der Waals surface area contributed by atoms with Gasteiger partial charge in [0.05, 0.1) is 20.3 Å². The number of hydrogen-bond acceptors (Lipinski definition) is 4. The maximum Gasteiger partial charge on any atom is 0.246 e. The molecule has 1 N–H and O–H groups in total. The minimum atomic E-state index is -0.571. The van der Waals surface area contributed by atoms with Crippen LogP contribution in [0.4, 0.5) is 0 Å². The van der Waals surface area contributed by atoms with Gasteiger partial charge < -0.3 is 24.3 Å². The van der Waals surface area contributed by atoms with Gasteiger partial charge in [-0.3, -0.25) is 9.59 Å². The van der Waals surface area contributed by atoms with Crippen molar-refractivity contribution in [1.29, 1.82) is 0 Å². The highest BCUT2D eigenvalue weighted by Crippen LogP contribution is 2.44. The number of methoxy groups -OCH3 is 1. The first-order chi connectivity index (χ1) is 18.6. The SMILES string of the molecule is CCOc1ccccc1C1c2[nH]c3ccccc3c2CC2C(=O)N(CCc3ccc(OC)cc3)CC(=O)N21. The lowest BCUT2D eigenvalue weighted by Gasteiger charge is -2.47. The number of ether oxygens (including phenoxy) is 2. The van der Waals surface area contributed by atoms with Crippen LogP contribution in [0.3, 0.4) is 0 Å². The van der Waals surface area contributed by atoms with Crippen LogP contribution in [-0.2, 0) is 22.4 Å². The molecular weight excluding hydrogens is 478 g/mol. The molecule has 3 heterocycles. The van der Waals surface area contributed by atoms with Gasteiger partial charge in [0.25, 0.3) is 0 Å². The molecule has 2 aliphatic heterocycles. The Kier molecular flexibility index (Phi) is 6.27. The number of H-pyrrole nitrogens is 1. The second-order valence-corrected chi connectivity index (χ2v) is 9.81. The number of benzene rings is 3. The molecule has 7 nitrogen and oxygen atoms in total. The highest BCUT2D eigenvalue weighted by atomic mass is 16.5. The van der Waals surface area contributed by atoms with E-state index in [1.54, 1.807) is 16.9 Å². The predicted octanol–water partition coefficient (Wildman–Crippen LogP) is 4.50. The van der Waals surface area contributed by atoms with Crippen molar-refractivity contribution in [2.45, 2.75) is 31.8 Å². The third kappa shape index (κ3) is 4.08. The molecule has 0 saturated carbocycles. The molecule has 1 aromatic heterocycles. The van der Waals surface area contributed by atoms with E-state index in [1.165, 1.54) is 0 Å². The first-order valence-corrected chi connectivity index (χ1v) is 13.1. The molecule has 6 rings (SSSR count). The highest BCUT2D eigenvalue weighted by Gasteiger charge is 2.48. The predicted molar refractivity (Wildman–Crippen MR) is 145 cm³/mol. The van der Waals surface area contributed by atoms with Crippen molar-refractivity contribution in [3.8, 4) is 11.5 Å². The summed E-state index contributed by atoms with van der Waals surface area (Å²) in [5.41, 5.74) is 5.05. The van der Waals surface area contributed by atoms with Gasteiger partial charge in [0.1, 0.15) is 23.6 Å². The molecular formula is C31H31N3O4. The average Bonchev–Trinajstić information content (AvgIpc) is 3.32. The van der Waals surface area contributed by atoms with Crippen LogP contribution in [0.25, 0.3) is 10.9 Å². The van der Waals surface area contributed by atoms with Crippen LogP contribution in [0, 0.1) is 0 Å². The Morgan fingerprint density at radius 1 is 0.974 bits per heavy atom. The Bertz CT molecular complexity index is 1490. The number of nitrogens with one attached hydrogen (secondary N) is 1. The molecule has 0 radical (unpaired) electrons. The number of hydrogen-bond donors (Lipinski definition) is 1. The van der Waals surface area contributed by atoms with Crippen LogP contribution < -0.4 is 9.47 Å². The Labute approximate surface area is 222 Å². The van der Waals surface area contributed by atoms with E-state index in [0.717, 1.165) is 44.8 Å². The largest absolute Gasteiger partial charge is 0.497 e. The van der Waals surface area contributed by atoms with Crippen molar-refractivity contribution in [2.24, 2.45) is 0 Å². The maximum absolute atomic E-state index is 14.0. The molecule has 1 fully saturated rings. The first-order valence-electron chi connectivity index (χ1n) is 13.1. The Balaban J connectivity index is 1.38. The van der Waals surface area contributed by atoms with Crippen molar-refractivity contribution in [3.05, 3.63) is 95.2 Å². The van der Waals surface area contributed by atoms with Crippen molar-refractivity contribution in [1.82, 2.24) is 14.8 Å². The highest BCUT2D eigenvalue weighted by molar-refractivity contribution is 5.97. The van der Waals surface area contributed by atoms with E-state index >= 15 is 0 Å². The summed E-state index contributed by atoms with van der Waals surface area (Å²) in [4.78, 5) is 34.9. The van der Waals surface area contributed by atoms with Crippen molar-refractivity contribution in [2.75, 3.05) is 26.8 Å². The number of fused-ring (bicyclic) bond motifs is 4. The number of carbonyl (C=O) groups excluding carboxylic acids is 2. The monoisotopic (exact) mass is 509 g/mol. The molecule has 1 saturated heterocycles. The van der Waals surface area contributed by atoms with Crippen molar-refractivity contribution in [3.63, 3.8) is 0 Å². The molecule has 194 valence electrons. The number of amides is 2. The van der Waals surface area contributed by atoms with Crippen LogP contribution in [0.5, 0.6) is 11.5 Å². The Morgan fingerprint density at radius 3 is 2.53 bits per heavy atom. The normalized spacial score (nSPS) is 18.9. The van der Waals surface area contributed by atoms with Crippen LogP contribution in [-0.4, -0.2) is 59.4 Å². The summed E-state index contributed by atoms with van der Waals surface area (Å²) in [6.07, 6.45) is 1.15. The fourth-order valence-corrected chi connectivity index (χ4v) is 5.89. The average molecular weight is 510 g/mol. The van der Waals surface area contributed by atoms with Gasteiger partial charge >= 0.3 is 0 Å². The molecule has 38 heavy (non-hydrogen) atoms. The summed E-state index contributed by atoms with van der Waals surface area (Å²) in [6, 6.07) is 22.8. The second-order valence-electron chi connectivity index (χ2n) is 9.81. The number of piperazine rings is 1. The lowest BCUT2D eigenvalue weighted by atomic mass is 9.86. The van der Waals surface area contributed by atoms with Gasteiger partial charge in [0.2, 0.25) is 11.8 Å². The topological polar surface area (TPSA) is 74.9 Å². The molecule has 4 aromatic rings. The number of nitrogens with zero attached hydrogens (tertiary/aromatic N) is 2. The fourth-order valence-electron chi connectivity index (χ4n) is 5.89. The molecule has 2 atom stereocenters. The lowest BCUT2D eigenvalue weighted by molar-refractivity contribution is -0.158. The third-order valence-electron chi connectivity index (χ3n) is 7.69. The number of para-hydroxylation sites is 2. The number of carbonyl (C=O) groups is 2. The van der Waals surface area contributed by atoms with Crippen LogP contribution >= 0.6 is 0 Å². The van der Waals surface area contributed by atoms with Gasteiger partial charge in [-0.05, 0) is 48.7 Å². The maximum atomic E-state index is 14.0. The van der Waals surface area contributed by atoms with E-state index in [1.807, 2.05) is 73.7 Å². The Morgan fingerprint density at radius 2 is 1.74 bits per heavy atom. The smallest absolute Gasteiger partial charge is 0.246 e. The van der Waals surface area contributed by atoms with Gasteiger partial charge in [-0.2, -0.15) is 0 Å². The van der Waals surface area contributed by atoms with Crippen LogP contribution in [0.2, 0.25) is 0 Å². The Hall–Kier alpha value is -4.26. The molecule has 0 aliphatic carbocycles. The van der Waals surface area contributed by atoms with Crippen LogP contribution in [0.15, 0.2) is 72.8 Å². The molecule has 0 bridgehead atoms. The lowest BCUT2D eigenvalue weighted by Crippen LogP contribution is -2.63. The summed E-state index contributed by atoms with van der Waals surface area (Å²) in [5.74, 6) is 1.47. The number of aromatic amines is 1. The quantitative estimate of drug-likeness (QED) is 0.398. The van der Waals surface area contributed by atoms with E-state index in [0.29, 0.717) is 26.0 Å². The standard InChI is InChI=1S/C31H31N3O4/c1-3-38-27-11-7-5-9-23(27)30-29-24(22-8-4-6-10-25(22)32-29)18-26-31(36)33(19-28(35)34(26)30)17-16-20-12-14-21(37-2)15-13-20/h4-15,26,30,32H,3,16-19H2,1-2H3. The molecule has 7 heteroatoms.